The number of halogens is 1. The van der Waals surface area contributed by atoms with Crippen LogP contribution in [0, 0.1) is 11.2 Å². The predicted octanol–water partition coefficient (Wildman–Crippen LogP) is 5.78. The summed E-state index contributed by atoms with van der Waals surface area (Å²) >= 11 is -1.44. The van der Waals surface area contributed by atoms with E-state index in [1.54, 1.807) is 12.1 Å². The van der Waals surface area contributed by atoms with Crippen molar-refractivity contribution < 1.29 is 27.9 Å². The van der Waals surface area contributed by atoms with Gasteiger partial charge in [-0.1, -0.05) is 56.3 Å². The Balaban J connectivity index is 1.90. The van der Waals surface area contributed by atoms with E-state index in [1.165, 1.54) is 12.1 Å². The molecule has 2 aromatic carbocycles. The Bertz CT molecular complexity index is 1000. The van der Waals surface area contributed by atoms with Crippen LogP contribution >= 0.6 is 0 Å². The van der Waals surface area contributed by atoms with E-state index in [2.05, 4.69) is 4.72 Å². The Morgan fingerprint density at radius 3 is 2.32 bits per heavy atom. The summed E-state index contributed by atoms with van der Waals surface area (Å²) in [6.07, 6.45) is 1.74. The second-order valence-electron chi connectivity index (χ2n) is 10.5. The third kappa shape index (κ3) is 7.12. The largest absolute Gasteiger partial charge is 0.598 e. The van der Waals surface area contributed by atoms with Gasteiger partial charge in [0.2, 0.25) is 0 Å². The summed E-state index contributed by atoms with van der Waals surface area (Å²) < 4.78 is 48.0. The Hall–Kier alpha value is -1.97. The molecule has 0 spiro atoms. The van der Waals surface area contributed by atoms with Gasteiger partial charge in [-0.2, -0.15) is 0 Å². The van der Waals surface area contributed by atoms with Crippen molar-refractivity contribution in [3.05, 3.63) is 71.5 Å². The molecule has 3 rings (SSSR count). The van der Waals surface area contributed by atoms with Crippen LogP contribution in [-0.2, 0) is 42.8 Å². The van der Waals surface area contributed by atoms with Crippen LogP contribution in [0.15, 0.2) is 54.6 Å². The smallest absolute Gasteiger partial charge is 0.314 e. The summed E-state index contributed by atoms with van der Waals surface area (Å²) in [4.78, 5) is 13.7. The summed E-state index contributed by atoms with van der Waals surface area (Å²) in [6, 6.07) is 15.3. The monoisotopic (exact) mass is 533 g/mol. The molecule has 1 unspecified atom stereocenters. The summed E-state index contributed by atoms with van der Waals surface area (Å²) in [5.41, 5.74) is 0.556. The van der Waals surface area contributed by atoms with Gasteiger partial charge in [0.05, 0.1) is 24.7 Å². The fraction of sp³-hybridized carbons (Fsp3) is 0.552. The average molecular weight is 534 g/mol. The van der Waals surface area contributed by atoms with Gasteiger partial charge < -0.3 is 18.8 Å². The molecule has 8 heteroatoms. The van der Waals surface area contributed by atoms with Crippen LogP contribution in [0.1, 0.15) is 71.4 Å². The number of nitrogens with one attached hydrogen (secondary N) is 1. The number of ether oxygens (including phenoxy) is 3. The minimum absolute atomic E-state index is 0.163. The van der Waals surface area contributed by atoms with E-state index in [-0.39, 0.29) is 18.4 Å². The van der Waals surface area contributed by atoms with Gasteiger partial charge in [-0.15, -0.1) is 4.72 Å². The lowest BCUT2D eigenvalue weighted by molar-refractivity contribution is -0.176. The van der Waals surface area contributed by atoms with Gasteiger partial charge in [0.1, 0.15) is 17.2 Å². The summed E-state index contributed by atoms with van der Waals surface area (Å²) in [5.74, 6) is -1.84. The number of benzene rings is 2. The number of hydrogen-bond donors (Lipinski definition) is 1. The maximum absolute atomic E-state index is 14.1. The Morgan fingerprint density at radius 2 is 1.76 bits per heavy atom. The topological polar surface area (TPSA) is 79.9 Å². The lowest BCUT2D eigenvalue weighted by Crippen LogP contribution is -2.55. The standard InChI is InChI=1S/C29H40FNO5S/c1-6-28(7-2,26(32)34-21-22-12-9-8-10-13-22)25(31-37(33)27(3,4)5)16-17-29(35-18-19-36-29)23-14-11-15-24(30)20-23/h8-15,20,25,31H,6-7,16-19,21H2,1-5H3/t25-,37?/m1/s1. The van der Waals surface area contributed by atoms with E-state index in [0.29, 0.717) is 44.5 Å². The van der Waals surface area contributed by atoms with E-state index >= 15 is 0 Å². The molecule has 1 aliphatic heterocycles. The number of esters is 1. The molecule has 0 aromatic heterocycles. The molecule has 0 aliphatic carbocycles. The van der Waals surface area contributed by atoms with E-state index in [9.17, 15) is 13.7 Å². The van der Waals surface area contributed by atoms with Crippen LogP contribution in [-0.4, -0.2) is 34.5 Å². The van der Waals surface area contributed by atoms with Crippen molar-refractivity contribution in [3.63, 3.8) is 0 Å². The SMILES string of the molecule is CCC(CC)(C(=O)OCc1ccccc1)[C@@H](CCC1(c2cccc(F)c2)OCCO1)N[S+]([O-])C(C)(C)C. The van der Waals surface area contributed by atoms with Crippen LogP contribution in [0.4, 0.5) is 4.39 Å². The molecule has 1 saturated heterocycles. The fourth-order valence-electron chi connectivity index (χ4n) is 4.76. The van der Waals surface area contributed by atoms with E-state index in [4.69, 9.17) is 14.2 Å². The molecule has 6 nitrogen and oxygen atoms in total. The summed E-state index contributed by atoms with van der Waals surface area (Å²) in [6.45, 7) is 10.5. The first-order chi connectivity index (χ1) is 17.6. The normalized spacial score (nSPS) is 17.4. The first-order valence-corrected chi connectivity index (χ1v) is 14.1. The molecule has 0 bridgehead atoms. The zero-order valence-electron chi connectivity index (χ0n) is 22.6. The summed E-state index contributed by atoms with van der Waals surface area (Å²) in [5, 5.41) is 0. The second kappa shape index (κ2) is 12.7. The molecular weight excluding hydrogens is 493 g/mol. The van der Waals surface area contributed by atoms with Gasteiger partial charge >= 0.3 is 5.97 Å². The quantitative estimate of drug-likeness (QED) is 0.275. The molecule has 0 amide bonds. The lowest BCUT2D eigenvalue weighted by Gasteiger charge is -2.40. The average Bonchev–Trinajstić information content (AvgIpc) is 3.37. The van der Waals surface area contributed by atoms with Gasteiger partial charge in [-0.3, -0.25) is 4.79 Å². The highest BCUT2D eigenvalue weighted by Crippen LogP contribution is 2.41. The predicted molar refractivity (Wildman–Crippen MR) is 143 cm³/mol. The van der Waals surface area contributed by atoms with Crippen LogP contribution in [0.3, 0.4) is 0 Å². The molecule has 1 aliphatic rings. The molecule has 0 saturated carbocycles. The molecule has 0 radical (unpaired) electrons. The Labute approximate surface area is 223 Å². The zero-order chi connectivity index (χ0) is 27.1. The van der Waals surface area contributed by atoms with Gasteiger partial charge in [-0.25, -0.2) is 4.39 Å². The molecule has 1 heterocycles. The highest BCUT2D eigenvalue weighted by atomic mass is 32.2. The van der Waals surface area contributed by atoms with Crippen molar-refractivity contribution in [2.45, 2.75) is 83.5 Å². The lowest BCUT2D eigenvalue weighted by atomic mass is 9.73. The van der Waals surface area contributed by atoms with Crippen LogP contribution < -0.4 is 4.72 Å². The molecule has 2 aromatic rings. The third-order valence-corrected chi connectivity index (χ3v) is 8.74. The maximum atomic E-state index is 14.1. The van der Waals surface area contributed by atoms with Gasteiger partial charge in [0.15, 0.2) is 5.79 Å². The van der Waals surface area contributed by atoms with Crippen LogP contribution in [0.25, 0.3) is 0 Å². The first kappa shape index (κ1) is 29.6. The second-order valence-corrected chi connectivity index (χ2v) is 12.5. The van der Waals surface area contributed by atoms with Gasteiger partial charge in [-0.05, 0) is 57.7 Å². The Morgan fingerprint density at radius 1 is 1.11 bits per heavy atom. The van der Waals surface area contributed by atoms with E-state index in [1.807, 2.05) is 65.0 Å². The minimum atomic E-state index is -1.44. The van der Waals surface area contributed by atoms with Crippen molar-refractivity contribution in [1.82, 2.24) is 4.72 Å². The minimum Gasteiger partial charge on any atom is -0.598 e. The third-order valence-electron chi connectivity index (χ3n) is 7.13. The van der Waals surface area contributed by atoms with Crippen molar-refractivity contribution >= 4 is 17.3 Å². The van der Waals surface area contributed by atoms with Crippen molar-refractivity contribution in [1.29, 1.82) is 0 Å². The number of carbonyl (C=O) groups is 1. The van der Waals surface area contributed by atoms with Crippen molar-refractivity contribution in [2.75, 3.05) is 13.2 Å². The highest BCUT2D eigenvalue weighted by molar-refractivity contribution is 7.90. The number of rotatable bonds is 12. The number of hydrogen-bond acceptors (Lipinski definition) is 6. The van der Waals surface area contributed by atoms with Crippen molar-refractivity contribution in [3.8, 4) is 0 Å². The van der Waals surface area contributed by atoms with Crippen LogP contribution in [0.5, 0.6) is 0 Å². The Kier molecular flexibility index (Phi) is 10.2. The molecule has 1 N–H and O–H groups in total. The molecule has 204 valence electrons. The van der Waals surface area contributed by atoms with Crippen molar-refractivity contribution in [2.24, 2.45) is 5.41 Å². The van der Waals surface area contributed by atoms with Gasteiger partial charge in [0, 0.05) is 23.3 Å². The summed E-state index contributed by atoms with van der Waals surface area (Å²) in [7, 11) is 0. The van der Waals surface area contributed by atoms with E-state index in [0.717, 1.165) is 5.56 Å². The zero-order valence-corrected chi connectivity index (χ0v) is 23.4. The maximum Gasteiger partial charge on any atom is 0.314 e. The molecular formula is C29H40FNO5S. The van der Waals surface area contributed by atoms with Crippen LogP contribution in [0.2, 0.25) is 0 Å². The molecule has 37 heavy (non-hydrogen) atoms. The number of carbonyl (C=O) groups excluding carboxylic acids is 1. The highest BCUT2D eigenvalue weighted by Gasteiger charge is 2.49. The molecule has 1 fully saturated rings. The first-order valence-electron chi connectivity index (χ1n) is 13.0. The fourth-order valence-corrected chi connectivity index (χ4v) is 5.72. The van der Waals surface area contributed by atoms with Gasteiger partial charge in [0.25, 0.3) is 0 Å². The van der Waals surface area contributed by atoms with E-state index < -0.39 is 33.4 Å². The molecule has 2 atom stereocenters.